The van der Waals surface area contributed by atoms with Crippen LogP contribution in [0.4, 0.5) is 9.59 Å². The molecule has 9 nitrogen and oxygen atoms in total. The van der Waals surface area contributed by atoms with Crippen LogP contribution in [0.5, 0.6) is 0 Å². The third kappa shape index (κ3) is 12.5. The fraction of sp³-hybridized carbons (Fsp3) is 0.696. The summed E-state index contributed by atoms with van der Waals surface area (Å²) in [5, 5.41) is 0. The van der Waals surface area contributed by atoms with Crippen LogP contribution in [-0.2, 0) is 32.0 Å². The molecule has 0 aliphatic carbocycles. The standard InChI is InChI=1S/C46H74BN3O6/c1-11-13-15-23-30-47(31-24-16-14-12-2)40(56-42(52)50-44(5,6)36-55-46(50,9)10)39(29-32-53-41(51)49-43(3,4)35-54-45(49,7)8)48(33-37-25-19-17-20-26-37)34-38-27-21-18-22-28-38/h17-22,25-28,39-40H,11-16,23-24,29-36H2,1-10H3/t39-,40+/m0/s1. The van der Waals surface area contributed by atoms with Crippen molar-refractivity contribution in [3.63, 3.8) is 0 Å². The van der Waals surface area contributed by atoms with Crippen LogP contribution < -0.4 is 0 Å². The number of rotatable bonds is 21. The van der Waals surface area contributed by atoms with Crippen LogP contribution >= 0.6 is 0 Å². The van der Waals surface area contributed by atoms with E-state index in [1.54, 1.807) is 9.80 Å². The molecular formula is C46H74BN3O6. The summed E-state index contributed by atoms with van der Waals surface area (Å²) in [6, 6.07) is 20.3. The zero-order valence-electron chi connectivity index (χ0n) is 36.6. The predicted molar refractivity (Wildman–Crippen MR) is 228 cm³/mol. The van der Waals surface area contributed by atoms with E-state index in [1.165, 1.54) is 24.0 Å². The lowest BCUT2D eigenvalue weighted by Gasteiger charge is -2.43. The molecule has 0 radical (unpaired) electrons. The van der Waals surface area contributed by atoms with Gasteiger partial charge >= 0.3 is 12.2 Å². The average Bonchev–Trinajstić information content (AvgIpc) is 3.52. The number of unbranched alkanes of at least 4 members (excludes halogenated alkanes) is 6. The van der Waals surface area contributed by atoms with Gasteiger partial charge in [-0.25, -0.2) is 9.59 Å². The van der Waals surface area contributed by atoms with Crippen molar-refractivity contribution in [1.82, 2.24) is 14.7 Å². The molecule has 4 rings (SSSR count). The second-order valence-electron chi connectivity index (χ2n) is 18.4. The fourth-order valence-corrected chi connectivity index (χ4v) is 8.97. The van der Waals surface area contributed by atoms with Crippen LogP contribution in [0.1, 0.15) is 138 Å². The van der Waals surface area contributed by atoms with Gasteiger partial charge in [-0.3, -0.25) is 14.7 Å². The van der Waals surface area contributed by atoms with Gasteiger partial charge in [0.2, 0.25) is 0 Å². The Morgan fingerprint density at radius 1 is 0.679 bits per heavy atom. The first-order chi connectivity index (χ1) is 26.5. The Hall–Kier alpha value is -3.08. The quantitative estimate of drug-likeness (QED) is 0.0922. The van der Waals surface area contributed by atoms with Crippen LogP contribution in [0, 0.1) is 0 Å². The topological polar surface area (TPSA) is 80.8 Å². The average molecular weight is 776 g/mol. The molecule has 2 amide bonds. The number of ether oxygens (including phenoxy) is 4. The minimum atomic E-state index is -0.820. The van der Waals surface area contributed by atoms with Crippen LogP contribution in [0.15, 0.2) is 60.7 Å². The molecule has 2 saturated heterocycles. The molecule has 56 heavy (non-hydrogen) atoms. The lowest BCUT2D eigenvalue weighted by Crippen LogP contribution is -2.58. The van der Waals surface area contributed by atoms with Crippen molar-refractivity contribution < 1.29 is 28.5 Å². The van der Waals surface area contributed by atoms with Gasteiger partial charge in [0.05, 0.1) is 36.9 Å². The molecule has 2 aromatic rings. The number of hydrogen-bond acceptors (Lipinski definition) is 7. The van der Waals surface area contributed by atoms with E-state index < -0.39 is 34.6 Å². The molecule has 0 saturated carbocycles. The zero-order chi connectivity index (χ0) is 41.0. The van der Waals surface area contributed by atoms with Crippen LogP contribution in [0.25, 0.3) is 0 Å². The Morgan fingerprint density at radius 3 is 1.54 bits per heavy atom. The molecule has 0 unspecified atom stereocenters. The third-order valence-electron chi connectivity index (χ3n) is 11.7. The summed E-state index contributed by atoms with van der Waals surface area (Å²) in [6.45, 7) is 22.7. The fourth-order valence-electron chi connectivity index (χ4n) is 8.97. The number of benzene rings is 2. The number of hydrogen-bond donors (Lipinski definition) is 0. The van der Waals surface area contributed by atoms with E-state index in [1.807, 2.05) is 67.5 Å². The van der Waals surface area contributed by atoms with Crippen molar-refractivity contribution in [2.24, 2.45) is 0 Å². The van der Waals surface area contributed by atoms with Crippen LogP contribution in [0.2, 0.25) is 12.6 Å². The van der Waals surface area contributed by atoms with Gasteiger partial charge in [-0.1, -0.05) is 139 Å². The monoisotopic (exact) mass is 776 g/mol. The lowest BCUT2D eigenvalue weighted by molar-refractivity contribution is -0.0630. The highest BCUT2D eigenvalue weighted by Crippen LogP contribution is 2.38. The Balaban J connectivity index is 1.80. The highest BCUT2D eigenvalue weighted by Gasteiger charge is 2.52. The van der Waals surface area contributed by atoms with E-state index >= 15 is 0 Å². The molecule has 2 aromatic carbocycles. The smallest absolute Gasteiger partial charge is 0.412 e. The number of carbonyl (C=O) groups is 2. The summed E-state index contributed by atoms with van der Waals surface area (Å²) in [5.41, 5.74) is -0.316. The summed E-state index contributed by atoms with van der Waals surface area (Å²) < 4.78 is 25.5. The molecule has 0 aromatic heterocycles. The number of amides is 2. The third-order valence-corrected chi connectivity index (χ3v) is 11.7. The summed E-state index contributed by atoms with van der Waals surface area (Å²) in [5.74, 6) is 0. The maximum absolute atomic E-state index is 14.8. The second kappa shape index (κ2) is 20.6. The Bertz CT molecular complexity index is 1400. The summed E-state index contributed by atoms with van der Waals surface area (Å²) >= 11 is 0. The first-order valence-corrected chi connectivity index (χ1v) is 21.6. The Kier molecular flexibility index (Phi) is 16.8. The molecule has 2 atom stereocenters. The van der Waals surface area contributed by atoms with Gasteiger partial charge in [-0.15, -0.1) is 0 Å². The van der Waals surface area contributed by atoms with Crippen molar-refractivity contribution >= 4 is 18.9 Å². The maximum atomic E-state index is 14.8. The van der Waals surface area contributed by atoms with Gasteiger partial charge < -0.3 is 18.9 Å². The minimum absolute atomic E-state index is 0.113. The molecule has 0 bridgehead atoms. The molecule has 0 N–H and O–H groups in total. The summed E-state index contributed by atoms with van der Waals surface area (Å²) in [4.78, 5) is 34.7. The van der Waals surface area contributed by atoms with E-state index in [2.05, 4.69) is 67.3 Å². The van der Waals surface area contributed by atoms with Crippen molar-refractivity contribution in [2.45, 2.75) is 187 Å². The van der Waals surface area contributed by atoms with E-state index in [0.29, 0.717) is 32.7 Å². The predicted octanol–water partition coefficient (Wildman–Crippen LogP) is 11.0. The van der Waals surface area contributed by atoms with Gasteiger partial charge in [0, 0.05) is 25.6 Å². The molecule has 0 spiro atoms. The van der Waals surface area contributed by atoms with E-state index in [-0.39, 0.29) is 25.5 Å². The minimum Gasteiger partial charge on any atom is -0.453 e. The molecule has 2 fully saturated rings. The Labute approximate surface area is 340 Å². The van der Waals surface area contributed by atoms with Gasteiger partial charge in [-0.2, -0.15) is 0 Å². The first-order valence-electron chi connectivity index (χ1n) is 21.6. The van der Waals surface area contributed by atoms with Gasteiger partial charge in [-0.05, 0) is 66.5 Å². The van der Waals surface area contributed by atoms with Crippen LogP contribution in [-0.4, -0.2) is 88.0 Å². The summed E-state index contributed by atoms with van der Waals surface area (Å²) in [6.07, 6.45) is 10.8. The van der Waals surface area contributed by atoms with Gasteiger partial charge in [0.25, 0.3) is 0 Å². The van der Waals surface area contributed by atoms with Crippen molar-refractivity contribution in [3.8, 4) is 0 Å². The molecular weight excluding hydrogens is 701 g/mol. The highest BCUT2D eigenvalue weighted by molar-refractivity contribution is 6.60. The van der Waals surface area contributed by atoms with Gasteiger partial charge in [0.15, 0.2) is 6.71 Å². The normalized spacial score (nSPS) is 19.2. The number of carbonyl (C=O) groups excluding carboxylic acids is 2. The zero-order valence-corrected chi connectivity index (χ0v) is 36.6. The molecule has 2 heterocycles. The lowest BCUT2D eigenvalue weighted by atomic mass is 9.38. The molecule has 2 aliphatic rings. The summed E-state index contributed by atoms with van der Waals surface area (Å²) in [7, 11) is 0. The number of nitrogens with zero attached hydrogens (tertiary/aromatic N) is 3. The first kappa shape index (κ1) is 45.6. The van der Waals surface area contributed by atoms with E-state index in [0.717, 1.165) is 51.2 Å². The second-order valence-corrected chi connectivity index (χ2v) is 18.4. The van der Waals surface area contributed by atoms with Crippen LogP contribution in [0.3, 0.4) is 0 Å². The SMILES string of the molecule is CCCCCCB(CCCCCC)[C@H](OC(=O)N1C(C)(C)COC1(C)C)[C@H](CCOC(=O)N1C(C)(C)COC1(C)C)N(Cc1ccccc1)Cc1ccccc1. The van der Waals surface area contributed by atoms with E-state index in [9.17, 15) is 9.59 Å². The van der Waals surface area contributed by atoms with Crippen molar-refractivity contribution in [3.05, 3.63) is 71.8 Å². The molecule has 10 heteroatoms. The van der Waals surface area contributed by atoms with Crippen molar-refractivity contribution in [1.29, 1.82) is 0 Å². The maximum Gasteiger partial charge on any atom is 0.412 e. The molecule has 2 aliphatic heterocycles. The van der Waals surface area contributed by atoms with Crippen molar-refractivity contribution in [2.75, 3.05) is 19.8 Å². The highest BCUT2D eigenvalue weighted by atomic mass is 16.6. The largest absolute Gasteiger partial charge is 0.453 e. The van der Waals surface area contributed by atoms with E-state index in [4.69, 9.17) is 18.9 Å². The molecule has 312 valence electrons. The Morgan fingerprint density at radius 2 is 1.12 bits per heavy atom. The van der Waals surface area contributed by atoms with Gasteiger partial charge in [0.1, 0.15) is 11.4 Å².